The minimum absolute atomic E-state index is 0.203. The summed E-state index contributed by atoms with van der Waals surface area (Å²) < 4.78 is 7.13. The van der Waals surface area contributed by atoms with Gasteiger partial charge in [0.1, 0.15) is 6.26 Å². The van der Waals surface area contributed by atoms with Crippen molar-refractivity contribution in [1.29, 1.82) is 0 Å². The molecule has 2 aromatic heterocycles. The van der Waals surface area contributed by atoms with E-state index in [1.54, 1.807) is 24.6 Å². The fourth-order valence-corrected chi connectivity index (χ4v) is 4.74. The Morgan fingerprint density at radius 3 is 2.39 bits per heavy atom. The summed E-state index contributed by atoms with van der Waals surface area (Å²) in [6, 6.07) is 27.0. The second-order valence-corrected chi connectivity index (χ2v) is 9.18. The van der Waals surface area contributed by atoms with Crippen molar-refractivity contribution in [3.8, 4) is 11.1 Å². The zero-order valence-corrected chi connectivity index (χ0v) is 20.3. The van der Waals surface area contributed by atoms with E-state index in [0.29, 0.717) is 12.1 Å². The molecule has 0 bridgehead atoms. The van der Waals surface area contributed by atoms with Crippen LogP contribution in [0.4, 0.5) is 0 Å². The van der Waals surface area contributed by atoms with Crippen LogP contribution in [0.15, 0.2) is 108 Å². The van der Waals surface area contributed by atoms with Crippen molar-refractivity contribution in [2.24, 2.45) is 0 Å². The molecule has 0 spiro atoms. The number of carbonyl (C=O) groups is 2. The molecule has 4 aromatic carbocycles. The van der Waals surface area contributed by atoms with E-state index in [0.717, 1.165) is 33.2 Å². The van der Waals surface area contributed by atoms with Crippen molar-refractivity contribution in [1.82, 2.24) is 15.0 Å². The molecule has 0 saturated carbocycles. The lowest BCUT2D eigenvalue weighted by Crippen LogP contribution is -2.23. The van der Waals surface area contributed by atoms with Gasteiger partial charge in [0.2, 0.25) is 0 Å². The van der Waals surface area contributed by atoms with Gasteiger partial charge in [-0.1, -0.05) is 53.7 Å². The first-order chi connectivity index (χ1) is 18.5. The minimum Gasteiger partial charge on any atom is -0.478 e. The van der Waals surface area contributed by atoms with Gasteiger partial charge in [0, 0.05) is 30.2 Å². The van der Waals surface area contributed by atoms with Crippen molar-refractivity contribution < 1.29 is 19.2 Å². The first-order valence-corrected chi connectivity index (χ1v) is 12.2. The van der Waals surface area contributed by atoms with Crippen molar-refractivity contribution >= 4 is 33.6 Å². The number of nitrogens with one attached hydrogen (secondary N) is 1. The first-order valence-electron chi connectivity index (χ1n) is 12.2. The smallest absolute Gasteiger partial charge is 0.335 e. The van der Waals surface area contributed by atoms with E-state index in [4.69, 9.17) is 9.63 Å². The molecule has 38 heavy (non-hydrogen) atoms. The fraction of sp³-hybridized carbons (Fsp3) is 0.0645. The molecule has 0 aliphatic carbocycles. The van der Waals surface area contributed by atoms with Gasteiger partial charge in [-0.05, 0) is 63.9 Å². The molecule has 7 nitrogen and oxygen atoms in total. The Bertz CT molecular complexity index is 1780. The number of benzene rings is 4. The molecule has 0 aliphatic heterocycles. The van der Waals surface area contributed by atoms with E-state index in [1.165, 1.54) is 22.9 Å². The Morgan fingerprint density at radius 2 is 1.63 bits per heavy atom. The quantitative estimate of drug-likeness (QED) is 0.274. The van der Waals surface area contributed by atoms with Crippen LogP contribution >= 0.6 is 0 Å². The predicted octanol–water partition coefficient (Wildman–Crippen LogP) is 6.13. The molecule has 1 amide bonds. The Kier molecular flexibility index (Phi) is 5.94. The predicted molar refractivity (Wildman–Crippen MR) is 145 cm³/mol. The molecule has 0 radical (unpaired) electrons. The molecular formula is C31H23N3O4. The number of hydrogen-bond donors (Lipinski definition) is 2. The average molecular weight is 502 g/mol. The summed E-state index contributed by atoms with van der Waals surface area (Å²) in [4.78, 5) is 24.7. The molecule has 2 N–H and O–H groups in total. The molecule has 7 heteroatoms. The zero-order chi connectivity index (χ0) is 26.1. The van der Waals surface area contributed by atoms with E-state index in [-0.39, 0.29) is 18.0 Å². The third-order valence-corrected chi connectivity index (χ3v) is 6.69. The van der Waals surface area contributed by atoms with Crippen LogP contribution in [0.1, 0.15) is 31.8 Å². The Hall–Kier alpha value is -5.17. The van der Waals surface area contributed by atoms with Crippen molar-refractivity contribution in [2.45, 2.75) is 13.1 Å². The maximum absolute atomic E-state index is 13.5. The second kappa shape index (κ2) is 9.71. The number of rotatable bonds is 7. The van der Waals surface area contributed by atoms with Crippen molar-refractivity contribution in [3.63, 3.8) is 0 Å². The molecule has 6 aromatic rings. The van der Waals surface area contributed by atoms with E-state index < -0.39 is 5.97 Å². The average Bonchev–Trinajstić information content (AvgIpc) is 3.62. The number of amides is 1. The van der Waals surface area contributed by atoms with Crippen LogP contribution in [-0.2, 0) is 13.1 Å². The second-order valence-electron chi connectivity index (χ2n) is 9.18. The van der Waals surface area contributed by atoms with Crippen LogP contribution in [0, 0.1) is 0 Å². The number of hydrogen-bond acceptors (Lipinski definition) is 4. The van der Waals surface area contributed by atoms with Crippen LogP contribution in [0.3, 0.4) is 0 Å². The standard InChI is InChI=1S/C31H23N3O4/c35-30(32-16-20-5-9-23(10-6-20)31(36)37)28-15-26(27-17-33-38-19-27)14-25-11-12-34(29(25)28)18-21-7-8-22-3-1-2-4-24(22)13-21/h1-15,17,19H,16,18H2,(H,32,35)(H,36,37). The number of carbonyl (C=O) groups excluding carboxylic acids is 1. The van der Waals surface area contributed by atoms with Crippen molar-refractivity contribution in [2.75, 3.05) is 0 Å². The number of aromatic carboxylic acids is 1. The minimum atomic E-state index is -0.985. The van der Waals surface area contributed by atoms with Crippen LogP contribution < -0.4 is 5.32 Å². The van der Waals surface area contributed by atoms with Gasteiger partial charge in [-0.25, -0.2) is 4.79 Å². The monoisotopic (exact) mass is 501 g/mol. The highest BCUT2D eigenvalue weighted by atomic mass is 16.5. The summed E-state index contributed by atoms with van der Waals surface area (Å²) in [5.41, 5.74) is 5.12. The molecule has 0 atom stereocenters. The molecule has 186 valence electrons. The Labute approximate surface area is 217 Å². The summed E-state index contributed by atoms with van der Waals surface area (Å²) >= 11 is 0. The van der Waals surface area contributed by atoms with E-state index >= 15 is 0 Å². The SMILES string of the molecule is O=C(O)c1ccc(CNC(=O)c2cc(-c3cnoc3)cc3ccn(Cc4ccc5ccccc5c4)c23)cc1. The van der Waals surface area contributed by atoms with E-state index in [9.17, 15) is 9.59 Å². The third kappa shape index (κ3) is 4.53. The third-order valence-electron chi connectivity index (χ3n) is 6.69. The zero-order valence-electron chi connectivity index (χ0n) is 20.3. The van der Waals surface area contributed by atoms with E-state index in [2.05, 4.69) is 45.4 Å². The molecule has 0 aliphatic rings. The summed E-state index contributed by atoms with van der Waals surface area (Å²) in [7, 11) is 0. The number of nitrogens with zero attached hydrogens (tertiary/aromatic N) is 2. The lowest BCUT2D eigenvalue weighted by atomic mass is 10.0. The molecule has 0 fully saturated rings. The highest BCUT2D eigenvalue weighted by molar-refractivity contribution is 6.07. The highest BCUT2D eigenvalue weighted by Crippen LogP contribution is 2.30. The van der Waals surface area contributed by atoms with Gasteiger partial charge in [-0.15, -0.1) is 0 Å². The van der Waals surface area contributed by atoms with Gasteiger partial charge in [-0.3, -0.25) is 4.79 Å². The highest BCUT2D eigenvalue weighted by Gasteiger charge is 2.17. The topological polar surface area (TPSA) is 97.4 Å². The van der Waals surface area contributed by atoms with Gasteiger partial charge in [0.15, 0.2) is 0 Å². The molecule has 2 heterocycles. The number of fused-ring (bicyclic) bond motifs is 2. The largest absolute Gasteiger partial charge is 0.478 e. The maximum atomic E-state index is 13.5. The van der Waals surface area contributed by atoms with Crippen molar-refractivity contribution in [3.05, 3.63) is 126 Å². The van der Waals surface area contributed by atoms with Gasteiger partial charge in [0.25, 0.3) is 5.91 Å². The summed E-state index contributed by atoms with van der Waals surface area (Å²) in [6.45, 7) is 0.876. The fourth-order valence-electron chi connectivity index (χ4n) is 4.74. The van der Waals surface area contributed by atoms with Gasteiger partial charge in [0.05, 0.1) is 22.8 Å². The van der Waals surface area contributed by atoms with E-state index in [1.807, 2.05) is 36.5 Å². The summed E-state index contributed by atoms with van der Waals surface area (Å²) in [6.07, 6.45) is 5.18. The Balaban J connectivity index is 1.35. The maximum Gasteiger partial charge on any atom is 0.335 e. The normalized spacial score (nSPS) is 11.2. The van der Waals surface area contributed by atoms with Crippen LogP contribution in [0.2, 0.25) is 0 Å². The van der Waals surface area contributed by atoms with Crippen LogP contribution in [-0.4, -0.2) is 26.7 Å². The number of carboxylic acid groups (broad SMARTS) is 1. The van der Waals surface area contributed by atoms with Gasteiger partial charge in [-0.2, -0.15) is 0 Å². The van der Waals surface area contributed by atoms with Gasteiger partial charge >= 0.3 is 5.97 Å². The van der Waals surface area contributed by atoms with Crippen LogP contribution in [0.25, 0.3) is 32.8 Å². The lowest BCUT2D eigenvalue weighted by Gasteiger charge is -2.13. The molecule has 0 unspecified atom stereocenters. The number of aromatic nitrogens is 2. The molecule has 0 saturated heterocycles. The Morgan fingerprint density at radius 1 is 0.842 bits per heavy atom. The van der Waals surface area contributed by atoms with Crippen LogP contribution in [0.5, 0.6) is 0 Å². The molecular weight excluding hydrogens is 478 g/mol. The summed E-state index contributed by atoms with van der Waals surface area (Å²) in [5.74, 6) is -1.21. The summed E-state index contributed by atoms with van der Waals surface area (Å²) in [5, 5.41) is 19.2. The first kappa shape index (κ1) is 23.2. The number of carboxylic acids is 1. The molecule has 6 rings (SSSR count). The lowest BCUT2D eigenvalue weighted by molar-refractivity contribution is 0.0696. The van der Waals surface area contributed by atoms with Gasteiger partial charge < -0.3 is 19.5 Å².